The van der Waals surface area contributed by atoms with Gasteiger partial charge in [0.2, 0.25) is 5.78 Å². The third-order valence-electron chi connectivity index (χ3n) is 10.1. The minimum Gasteiger partial charge on any atom is -0.450 e. The summed E-state index contributed by atoms with van der Waals surface area (Å²) in [5, 5.41) is 30.9. The van der Waals surface area contributed by atoms with Crippen LogP contribution >= 0.6 is 0 Å². The first-order valence-electron chi connectivity index (χ1n) is 13.5. The van der Waals surface area contributed by atoms with Crippen LogP contribution in [0.25, 0.3) is 0 Å². The molecule has 0 amide bonds. The van der Waals surface area contributed by atoms with Gasteiger partial charge in [0.15, 0.2) is 11.4 Å². The first-order chi connectivity index (χ1) is 17.5. The number of ketones is 2. The van der Waals surface area contributed by atoms with Crippen molar-refractivity contribution >= 4 is 17.5 Å². The summed E-state index contributed by atoms with van der Waals surface area (Å²) in [7, 11) is 0. The van der Waals surface area contributed by atoms with Gasteiger partial charge in [-0.25, -0.2) is 0 Å². The lowest BCUT2D eigenvalue weighted by Gasteiger charge is -2.60. The highest BCUT2D eigenvalue weighted by Gasteiger charge is 2.70. The van der Waals surface area contributed by atoms with Crippen molar-refractivity contribution in [3.05, 3.63) is 21.8 Å². The van der Waals surface area contributed by atoms with Crippen molar-refractivity contribution in [1.29, 1.82) is 0 Å². The number of hydrogen-bond acceptors (Lipinski definition) is 9. The van der Waals surface area contributed by atoms with Crippen molar-refractivity contribution < 1.29 is 39.3 Å². The molecule has 4 aliphatic rings. The van der Waals surface area contributed by atoms with Crippen molar-refractivity contribution in [1.82, 2.24) is 0 Å². The number of carbonyl (C=O) groups excluding carboxylic acids is 3. The smallest absolute Gasteiger partial charge is 0.306 e. The van der Waals surface area contributed by atoms with Crippen LogP contribution in [0.2, 0.25) is 0 Å². The second-order valence-corrected chi connectivity index (χ2v) is 11.9. The fraction of sp³-hybridized carbons (Fsp3) is 0.815. The minimum absolute atomic E-state index is 0.0317. The highest BCUT2D eigenvalue weighted by atomic mass is 16.9. The number of aliphatic hydroxyl groups excluding tert-OH is 2. The second kappa shape index (κ2) is 10.4. The summed E-state index contributed by atoms with van der Waals surface area (Å²) in [6.07, 6.45) is 6.52. The largest absolute Gasteiger partial charge is 0.450 e. The van der Waals surface area contributed by atoms with E-state index in [1.54, 1.807) is 6.08 Å². The molecule has 0 heterocycles. The van der Waals surface area contributed by atoms with E-state index < -0.39 is 40.6 Å². The van der Waals surface area contributed by atoms with Crippen molar-refractivity contribution in [2.45, 2.75) is 96.2 Å². The standard InChI is InChI=1S/C27H39NO9/c1-25-11-9-18(30)14-17(25)7-8-19-20-10-12-27(22(32)16-29,26(20,2)15-21(31)24(19)25)37-23(33)6-4-3-5-13-36-28(34)35/h14,19-21,24,29,31H,3-13,15-16H2,1-2H3/t19?,20?,21-,24+,25-,26-,27-/m0/s1. The number of aliphatic hydroxyl groups is 2. The molecule has 0 aromatic rings. The molecule has 206 valence electrons. The van der Waals surface area contributed by atoms with Gasteiger partial charge < -0.3 is 19.8 Å². The first kappa shape index (κ1) is 27.7. The second-order valence-electron chi connectivity index (χ2n) is 11.9. The van der Waals surface area contributed by atoms with E-state index in [0.717, 1.165) is 18.4 Å². The zero-order valence-electron chi connectivity index (χ0n) is 21.8. The molecule has 0 radical (unpaired) electrons. The Balaban J connectivity index is 1.52. The maximum Gasteiger partial charge on any atom is 0.306 e. The van der Waals surface area contributed by atoms with E-state index >= 15 is 0 Å². The maximum absolute atomic E-state index is 13.3. The number of fused-ring (bicyclic) bond motifs is 5. The SMILES string of the molecule is C[C@]12CCC(=O)C=C1CCC1C3CC[C@](OC(=O)CCCCCO[N+](=O)[O-])(C(=O)CO)[C@@]3(C)C[C@H](O)[C@@H]12. The number of rotatable bonds is 10. The van der Waals surface area contributed by atoms with Crippen molar-refractivity contribution in [3.63, 3.8) is 0 Å². The van der Waals surface area contributed by atoms with E-state index in [4.69, 9.17) is 4.74 Å². The normalized spacial score (nSPS) is 38.6. The molecule has 0 aromatic heterocycles. The van der Waals surface area contributed by atoms with Gasteiger partial charge in [-0.2, -0.15) is 0 Å². The summed E-state index contributed by atoms with van der Waals surface area (Å²) in [6.45, 7) is 3.30. The van der Waals surface area contributed by atoms with Gasteiger partial charge in [-0.05, 0) is 80.6 Å². The zero-order chi connectivity index (χ0) is 27.0. The predicted octanol–water partition coefficient (Wildman–Crippen LogP) is 3.10. The molecule has 4 aliphatic carbocycles. The van der Waals surface area contributed by atoms with E-state index in [0.29, 0.717) is 44.9 Å². The molecule has 2 N–H and O–H groups in total. The van der Waals surface area contributed by atoms with Crippen molar-refractivity contribution in [3.8, 4) is 0 Å². The van der Waals surface area contributed by atoms with Crippen molar-refractivity contribution in [2.75, 3.05) is 13.2 Å². The number of unbranched alkanes of at least 4 members (excludes halogenated alkanes) is 2. The zero-order valence-corrected chi connectivity index (χ0v) is 21.8. The number of hydrogen-bond donors (Lipinski definition) is 2. The third kappa shape index (κ3) is 4.71. The predicted molar refractivity (Wildman–Crippen MR) is 130 cm³/mol. The Hall–Kier alpha value is -2.33. The van der Waals surface area contributed by atoms with Gasteiger partial charge in [0, 0.05) is 18.3 Å². The van der Waals surface area contributed by atoms with Gasteiger partial charge in [0.25, 0.3) is 5.09 Å². The quantitative estimate of drug-likeness (QED) is 0.191. The lowest BCUT2D eigenvalue weighted by Crippen LogP contribution is -2.63. The first-order valence-corrected chi connectivity index (χ1v) is 13.5. The summed E-state index contributed by atoms with van der Waals surface area (Å²) in [5.41, 5.74) is -1.45. The monoisotopic (exact) mass is 521 g/mol. The minimum atomic E-state index is -1.50. The Kier molecular flexibility index (Phi) is 7.82. The molecule has 3 fully saturated rings. The fourth-order valence-electron chi connectivity index (χ4n) is 8.42. The van der Waals surface area contributed by atoms with Gasteiger partial charge in [0.05, 0.1) is 12.7 Å². The fourth-order valence-corrected chi connectivity index (χ4v) is 8.42. The van der Waals surface area contributed by atoms with Crippen molar-refractivity contribution in [2.24, 2.45) is 28.6 Å². The van der Waals surface area contributed by atoms with Gasteiger partial charge in [-0.3, -0.25) is 14.4 Å². The molecule has 2 unspecified atom stereocenters. The van der Waals surface area contributed by atoms with Crippen LogP contribution in [0.3, 0.4) is 0 Å². The van der Waals surface area contributed by atoms with E-state index in [9.17, 15) is 34.7 Å². The Bertz CT molecular complexity index is 979. The Morgan fingerprint density at radius 2 is 1.92 bits per heavy atom. The number of esters is 1. The van der Waals surface area contributed by atoms with E-state index in [-0.39, 0.29) is 48.4 Å². The average Bonchev–Trinajstić information content (AvgIpc) is 3.13. The molecule has 0 aliphatic heterocycles. The Morgan fingerprint density at radius 1 is 1.16 bits per heavy atom. The summed E-state index contributed by atoms with van der Waals surface area (Å²) in [6, 6.07) is 0. The van der Waals surface area contributed by atoms with E-state index in [1.165, 1.54) is 0 Å². The molecular formula is C27H39NO9. The van der Waals surface area contributed by atoms with Gasteiger partial charge in [-0.15, -0.1) is 10.1 Å². The van der Waals surface area contributed by atoms with Crippen LogP contribution in [0.5, 0.6) is 0 Å². The summed E-state index contributed by atoms with van der Waals surface area (Å²) >= 11 is 0. The highest BCUT2D eigenvalue weighted by molar-refractivity contribution is 5.92. The molecule has 10 heteroatoms. The summed E-state index contributed by atoms with van der Waals surface area (Å²) < 4.78 is 5.99. The molecule has 0 aromatic carbocycles. The Labute approximate surface area is 216 Å². The van der Waals surface area contributed by atoms with Crippen LogP contribution in [0.4, 0.5) is 0 Å². The summed E-state index contributed by atoms with van der Waals surface area (Å²) in [5.74, 6) is -0.788. The third-order valence-corrected chi connectivity index (χ3v) is 10.1. The number of carbonyl (C=O) groups is 3. The van der Waals surface area contributed by atoms with E-state index in [2.05, 4.69) is 11.8 Å². The molecule has 4 rings (SSSR count). The molecule has 7 atom stereocenters. The topological polar surface area (TPSA) is 153 Å². The van der Waals surface area contributed by atoms with Gasteiger partial charge in [-0.1, -0.05) is 25.8 Å². The van der Waals surface area contributed by atoms with Crippen LogP contribution < -0.4 is 0 Å². The van der Waals surface area contributed by atoms with Gasteiger partial charge >= 0.3 is 5.97 Å². The van der Waals surface area contributed by atoms with Gasteiger partial charge in [0.1, 0.15) is 6.61 Å². The molecular weight excluding hydrogens is 482 g/mol. The van der Waals surface area contributed by atoms with Crippen LogP contribution in [-0.2, 0) is 24.0 Å². The molecule has 0 spiro atoms. The number of Topliss-reactive ketones (excluding diaryl/α,β-unsaturated/α-hetero) is 1. The number of nitrogens with zero attached hydrogens (tertiary/aromatic N) is 1. The lowest BCUT2D eigenvalue weighted by molar-refractivity contribution is -0.757. The molecule has 0 saturated heterocycles. The molecule has 3 saturated carbocycles. The summed E-state index contributed by atoms with van der Waals surface area (Å²) in [4.78, 5) is 52.8. The molecule has 0 bridgehead atoms. The molecule has 37 heavy (non-hydrogen) atoms. The van der Waals surface area contributed by atoms with Crippen LogP contribution in [0, 0.1) is 38.7 Å². The maximum atomic E-state index is 13.3. The van der Waals surface area contributed by atoms with Crippen LogP contribution in [0.1, 0.15) is 84.5 Å². The lowest BCUT2D eigenvalue weighted by atomic mass is 9.45. The highest BCUT2D eigenvalue weighted by Crippen LogP contribution is 2.68. The number of allylic oxidation sites excluding steroid dienone is 1. The number of ether oxygens (including phenoxy) is 1. The Morgan fingerprint density at radius 3 is 2.62 bits per heavy atom. The average molecular weight is 522 g/mol. The molecule has 10 nitrogen and oxygen atoms in total. The van der Waals surface area contributed by atoms with Crippen LogP contribution in [-0.4, -0.2) is 57.8 Å². The van der Waals surface area contributed by atoms with Crippen LogP contribution in [0.15, 0.2) is 11.6 Å². The van der Waals surface area contributed by atoms with E-state index in [1.807, 2.05) is 6.92 Å².